The molecule has 36 heavy (non-hydrogen) atoms. The molecular formula is C28H26N2O6. The first kappa shape index (κ1) is 24.7. The first-order chi connectivity index (χ1) is 17.4. The Bertz CT molecular complexity index is 1290. The molecule has 1 aliphatic rings. The molecule has 1 aliphatic heterocycles. The highest BCUT2D eigenvalue weighted by molar-refractivity contribution is 6.34. The number of anilines is 1. The summed E-state index contributed by atoms with van der Waals surface area (Å²) in [7, 11) is 0. The quantitative estimate of drug-likeness (QED) is 0.334. The van der Waals surface area contributed by atoms with E-state index in [1.165, 1.54) is 18.2 Å². The molecule has 3 aromatic rings. The number of nitrogens with zero attached hydrogens (tertiary/aromatic N) is 2. The third kappa shape index (κ3) is 5.12. The lowest BCUT2D eigenvalue weighted by Crippen LogP contribution is -2.34. The highest BCUT2D eigenvalue weighted by Crippen LogP contribution is 2.30. The normalized spacial score (nSPS) is 12.3. The van der Waals surface area contributed by atoms with Gasteiger partial charge in [-0.05, 0) is 61.9 Å². The average Bonchev–Trinajstić information content (AvgIpc) is 3.16. The molecule has 0 N–H and O–H groups in total. The van der Waals surface area contributed by atoms with E-state index < -0.39 is 24.4 Å². The molecule has 0 atom stereocenters. The van der Waals surface area contributed by atoms with Gasteiger partial charge in [-0.25, -0.2) is 9.69 Å². The smallest absolute Gasteiger partial charge is 0.338 e. The Morgan fingerprint density at radius 2 is 1.56 bits per heavy atom. The predicted molar refractivity (Wildman–Crippen MR) is 133 cm³/mol. The molecule has 8 nitrogen and oxygen atoms in total. The summed E-state index contributed by atoms with van der Waals surface area (Å²) in [5, 5.41) is 0. The van der Waals surface area contributed by atoms with E-state index in [9.17, 15) is 19.2 Å². The first-order valence-electron chi connectivity index (χ1n) is 11.7. The van der Waals surface area contributed by atoms with Crippen molar-refractivity contribution in [1.82, 2.24) is 4.90 Å². The number of ether oxygens (including phenoxy) is 2. The number of carbonyl (C=O) groups is 4. The summed E-state index contributed by atoms with van der Waals surface area (Å²) in [5.74, 6) is -1.47. The van der Waals surface area contributed by atoms with Gasteiger partial charge in [-0.1, -0.05) is 30.3 Å². The molecular weight excluding hydrogens is 460 g/mol. The van der Waals surface area contributed by atoms with E-state index in [0.29, 0.717) is 31.1 Å². The van der Waals surface area contributed by atoms with Crippen molar-refractivity contribution < 1.29 is 28.7 Å². The molecule has 0 saturated carbocycles. The molecule has 1 heterocycles. The zero-order valence-electron chi connectivity index (χ0n) is 20.1. The predicted octanol–water partition coefficient (Wildman–Crippen LogP) is 4.09. The SMILES string of the molecule is CCOc1ccc(N2C(=O)c3ccc(C(=O)OCC(=O)N(CC)Cc4ccccc4)cc3C2=O)cc1. The second kappa shape index (κ2) is 10.9. The number of fused-ring (bicyclic) bond motifs is 1. The average molecular weight is 487 g/mol. The highest BCUT2D eigenvalue weighted by Gasteiger charge is 2.37. The van der Waals surface area contributed by atoms with Crippen molar-refractivity contribution in [1.29, 1.82) is 0 Å². The minimum absolute atomic E-state index is 0.0855. The second-order valence-electron chi connectivity index (χ2n) is 8.10. The topological polar surface area (TPSA) is 93.2 Å². The van der Waals surface area contributed by atoms with Crippen LogP contribution < -0.4 is 9.64 Å². The molecule has 0 saturated heterocycles. The molecule has 0 radical (unpaired) electrons. The summed E-state index contributed by atoms with van der Waals surface area (Å²) in [6.07, 6.45) is 0. The molecule has 4 rings (SSSR count). The summed E-state index contributed by atoms with van der Waals surface area (Å²) >= 11 is 0. The van der Waals surface area contributed by atoms with Gasteiger partial charge in [0.05, 0.1) is 29.0 Å². The number of imide groups is 1. The van der Waals surface area contributed by atoms with Crippen LogP contribution in [0, 0.1) is 0 Å². The standard InChI is InChI=1S/C28H26N2O6/c1-3-29(17-19-8-6-5-7-9-19)25(31)18-36-28(34)20-10-15-23-24(16-20)27(33)30(26(23)32)21-11-13-22(14-12-21)35-4-2/h5-16H,3-4,17-18H2,1-2H3. The molecule has 184 valence electrons. The fourth-order valence-corrected chi connectivity index (χ4v) is 3.94. The maximum Gasteiger partial charge on any atom is 0.338 e. The van der Waals surface area contributed by atoms with Gasteiger partial charge in [0, 0.05) is 13.1 Å². The molecule has 3 amide bonds. The number of esters is 1. The van der Waals surface area contributed by atoms with Gasteiger partial charge >= 0.3 is 5.97 Å². The van der Waals surface area contributed by atoms with Crippen molar-refractivity contribution in [2.75, 3.05) is 24.7 Å². The highest BCUT2D eigenvalue weighted by atomic mass is 16.5. The van der Waals surface area contributed by atoms with E-state index in [2.05, 4.69) is 0 Å². The molecule has 0 aliphatic carbocycles. The number of hydrogen-bond acceptors (Lipinski definition) is 6. The molecule has 0 bridgehead atoms. The van der Waals surface area contributed by atoms with Crippen molar-refractivity contribution in [3.63, 3.8) is 0 Å². The van der Waals surface area contributed by atoms with Crippen LogP contribution in [0.4, 0.5) is 5.69 Å². The van der Waals surface area contributed by atoms with E-state index in [4.69, 9.17) is 9.47 Å². The zero-order chi connectivity index (χ0) is 25.7. The van der Waals surface area contributed by atoms with Gasteiger partial charge in [0.1, 0.15) is 5.75 Å². The van der Waals surface area contributed by atoms with Crippen LogP contribution in [0.25, 0.3) is 0 Å². The van der Waals surface area contributed by atoms with Gasteiger partial charge in [-0.2, -0.15) is 0 Å². The Labute approximate surface area is 209 Å². The number of carbonyl (C=O) groups excluding carboxylic acids is 4. The Balaban J connectivity index is 1.43. The maximum atomic E-state index is 13.0. The summed E-state index contributed by atoms with van der Waals surface area (Å²) in [4.78, 5) is 53.8. The van der Waals surface area contributed by atoms with E-state index in [-0.39, 0.29) is 22.6 Å². The minimum atomic E-state index is -0.748. The van der Waals surface area contributed by atoms with Gasteiger partial charge in [0.15, 0.2) is 6.61 Å². The first-order valence-corrected chi connectivity index (χ1v) is 11.7. The monoisotopic (exact) mass is 486 g/mol. The van der Waals surface area contributed by atoms with Crippen LogP contribution >= 0.6 is 0 Å². The second-order valence-corrected chi connectivity index (χ2v) is 8.10. The van der Waals surface area contributed by atoms with Crippen LogP contribution in [-0.2, 0) is 16.1 Å². The van der Waals surface area contributed by atoms with Gasteiger partial charge in [-0.15, -0.1) is 0 Å². The lowest BCUT2D eigenvalue weighted by atomic mass is 10.1. The minimum Gasteiger partial charge on any atom is -0.494 e. The molecule has 0 spiro atoms. The Morgan fingerprint density at radius 1 is 0.861 bits per heavy atom. The number of benzene rings is 3. The number of likely N-dealkylation sites (N-methyl/N-ethyl adjacent to an activating group) is 1. The summed E-state index contributed by atoms with van der Waals surface area (Å²) in [6.45, 7) is 4.65. The third-order valence-corrected chi connectivity index (χ3v) is 5.81. The van der Waals surface area contributed by atoms with Crippen molar-refractivity contribution in [2.24, 2.45) is 0 Å². The van der Waals surface area contributed by atoms with E-state index in [0.717, 1.165) is 10.5 Å². The van der Waals surface area contributed by atoms with Crippen molar-refractivity contribution in [3.8, 4) is 5.75 Å². The Kier molecular flexibility index (Phi) is 7.44. The van der Waals surface area contributed by atoms with Crippen LogP contribution in [-0.4, -0.2) is 48.3 Å². The van der Waals surface area contributed by atoms with E-state index in [1.54, 1.807) is 29.2 Å². The van der Waals surface area contributed by atoms with Gasteiger partial charge in [-0.3, -0.25) is 14.4 Å². The zero-order valence-corrected chi connectivity index (χ0v) is 20.1. The van der Waals surface area contributed by atoms with E-state index in [1.807, 2.05) is 44.2 Å². The molecule has 0 unspecified atom stereocenters. The van der Waals surface area contributed by atoms with Crippen LogP contribution in [0.1, 0.15) is 50.5 Å². The fourth-order valence-electron chi connectivity index (χ4n) is 3.94. The van der Waals surface area contributed by atoms with Crippen LogP contribution in [0.2, 0.25) is 0 Å². The van der Waals surface area contributed by atoms with E-state index >= 15 is 0 Å². The Hall–Kier alpha value is -4.46. The lowest BCUT2D eigenvalue weighted by Gasteiger charge is -2.20. The summed E-state index contributed by atoms with van der Waals surface area (Å²) in [6, 6.07) is 20.3. The molecule has 0 aromatic heterocycles. The van der Waals surface area contributed by atoms with Gasteiger partial charge < -0.3 is 14.4 Å². The third-order valence-electron chi connectivity index (χ3n) is 5.81. The van der Waals surface area contributed by atoms with Crippen molar-refractivity contribution >= 4 is 29.4 Å². The number of rotatable bonds is 9. The summed E-state index contributed by atoms with van der Waals surface area (Å²) in [5.41, 5.74) is 1.76. The lowest BCUT2D eigenvalue weighted by molar-refractivity contribution is -0.134. The Morgan fingerprint density at radius 3 is 2.22 bits per heavy atom. The van der Waals surface area contributed by atoms with Crippen LogP contribution in [0.15, 0.2) is 72.8 Å². The number of hydrogen-bond donors (Lipinski definition) is 0. The van der Waals surface area contributed by atoms with Crippen LogP contribution in [0.5, 0.6) is 5.75 Å². The van der Waals surface area contributed by atoms with Crippen molar-refractivity contribution in [2.45, 2.75) is 20.4 Å². The largest absolute Gasteiger partial charge is 0.494 e. The van der Waals surface area contributed by atoms with Crippen LogP contribution in [0.3, 0.4) is 0 Å². The summed E-state index contributed by atoms with van der Waals surface area (Å²) < 4.78 is 10.6. The van der Waals surface area contributed by atoms with Crippen molar-refractivity contribution in [3.05, 3.63) is 95.1 Å². The molecule has 8 heteroatoms. The molecule has 0 fully saturated rings. The van der Waals surface area contributed by atoms with Gasteiger partial charge in [0.25, 0.3) is 17.7 Å². The fraction of sp³-hybridized carbons (Fsp3) is 0.214. The number of amides is 3. The maximum absolute atomic E-state index is 13.0. The molecule has 3 aromatic carbocycles. The van der Waals surface area contributed by atoms with Gasteiger partial charge in [0.2, 0.25) is 0 Å².